The van der Waals surface area contributed by atoms with E-state index < -0.39 is 34.3 Å². The first-order chi connectivity index (χ1) is 9.66. The smallest absolute Gasteiger partial charge is 0.339 e. The van der Waals surface area contributed by atoms with E-state index >= 15 is 0 Å². The van der Waals surface area contributed by atoms with Crippen molar-refractivity contribution < 1.29 is 22.2 Å². The predicted octanol–water partition coefficient (Wildman–Crippen LogP) is 1.79. The maximum Gasteiger partial charge on any atom is 0.339 e. The second kappa shape index (κ2) is 7.22. The molecule has 21 heavy (non-hydrogen) atoms. The first-order valence-electron chi connectivity index (χ1n) is 5.86. The van der Waals surface area contributed by atoms with Crippen LogP contribution in [0.25, 0.3) is 0 Å². The van der Waals surface area contributed by atoms with E-state index in [1.165, 1.54) is 25.1 Å². The third kappa shape index (κ3) is 5.28. The van der Waals surface area contributed by atoms with Crippen LogP contribution in [0.1, 0.15) is 23.7 Å². The summed E-state index contributed by atoms with van der Waals surface area (Å²) in [5, 5.41) is 0.471. The summed E-state index contributed by atoms with van der Waals surface area (Å²) in [7, 11) is -3.96. The van der Waals surface area contributed by atoms with Crippen molar-refractivity contribution in [3.05, 3.63) is 33.8 Å². The van der Waals surface area contributed by atoms with Crippen molar-refractivity contribution in [2.75, 3.05) is 5.75 Å². The van der Waals surface area contributed by atoms with E-state index in [9.17, 15) is 18.0 Å². The fourth-order valence-corrected chi connectivity index (χ4v) is 2.11. The summed E-state index contributed by atoms with van der Waals surface area (Å²) in [5.74, 6) is -2.02. The minimum atomic E-state index is -3.96. The average molecular weight is 354 g/mol. The fraction of sp³-hybridized carbons (Fsp3) is 0.333. The van der Waals surface area contributed by atoms with E-state index in [0.717, 1.165) is 0 Å². The minimum Gasteiger partial charge on any atom is -0.344 e. The Labute approximate surface area is 132 Å². The van der Waals surface area contributed by atoms with Crippen LogP contribution in [-0.2, 0) is 19.1 Å². The lowest BCUT2D eigenvalue weighted by Crippen LogP contribution is -2.36. The van der Waals surface area contributed by atoms with E-state index in [2.05, 4.69) is 4.18 Å². The molecule has 1 aromatic carbocycles. The molecular formula is C12H13Cl2NO5S. The third-order valence-electron chi connectivity index (χ3n) is 2.51. The van der Waals surface area contributed by atoms with Crippen molar-refractivity contribution in [1.29, 1.82) is 0 Å². The molecule has 0 amide bonds. The monoisotopic (exact) mass is 353 g/mol. The number of carbonyl (C=O) groups excluding carboxylic acids is 2. The number of benzene rings is 1. The highest BCUT2D eigenvalue weighted by atomic mass is 35.5. The second-order valence-corrected chi connectivity index (χ2v) is 6.79. The summed E-state index contributed by atoms with van der Waals surface area (Å²) >= 11 is 11.5. The van der Waals surface area contributed by atoms with Crippen LogP contribution < -0.4 is 5.73 Å². The van der Waals surface area contributed by atoms with Crippen LogP contribution in [0.5, 0.6) is 0 Å². The summed E-state index contributed by atoms with van der Waals surface area (Å²) in [5.41, 5.74) is 5.68. The van der Waals surface area contributed by atoms with Gasteiger partial charge in [-0.1, -0.05) is 23.2 Å². The first-order valence-corrected chi connectivity index (χ1v) is 8.19. The largest absolute Gasteiger partial charge is 0.344 e. The molecule has 116 valence electrons. The Morgan fingerprint density at radius 3 is 2.43 bits per heavy atom. The molecule has 0 spiro atoms. The molecule has 6 nitrogen and oxygen atoms in total. The van der Waals surface area contributed by atoms with E-state index in [4.69, 9.17) is 28.9 Å². The Balaban J connectivity index is 2.74. The molecule has 0 bridgehead atoms. The molecule has 0 fully saturated rings. The van der Waals surface area contributed by atoms with Gasteiger partial charge in [-0.15, -0.1) is 0 Å². The molecule has 2 N–H and O–H groups in total. The van der Waals surface area contributed by atoms with Gasteiger partial charge in [0.1, 0.15) is 6.04 Å². The topological polar surface area (TPSA) is 104 Å². The molecule has 1 atom stereocenters. The van der Waals surface area contributed by atoms with E-state index in [-0.39, 0.29) is 21.4 Å². The Kier molecular flexibility index (Phi) is 6.15. The summed E-state index contributed by atoms with van der Waals surface area (Å²) in [6, 6.07) is 2.82. The molecule has 0 aliphatic carbocycles. The zero-order chi connectivity index (χ0) is 16.2. The highest BCUT2D eigenvalue weighted by Crippen LogP contribution is 2.23. The molecule has 9 heteroatoms. The number of halogens is 2. The quantitative estimate of drug-likeness (QED) is 0.617. The lowest BCUT2D eigenvalue weighted by Gasteiger charge is -2.10. The summed E-state index contributed by atoms with van der Waals surface area (Å²) < 4.78 is 26.5. The molecule has 0 saturated heterocycles. The number of Topliss-reactive ketones (excluding diaryl/α,β-unsaturated/α-hetero) is 1. The predicted molar refractivity (Wildman–Crippen MR) is 78.9 cm³/mol. The number of carbonyl (C=O) groups is 2. The SMILES string of the molecule is CCS(=O)(=O)OC(=O)[C@H](N)CC(=O)c1ccc(Cl)c(Cl)c1. The second-order valence-electron chi connectivity index (χ2n) is 4.11. The minimum absolute atomic E-state index is 0.187. The van der Waals surface area contributed by atoms with Crippen LogP contribution >= 0.6 is 23.2 Å². The van der Waals surface area contributed by atoms with Gasteiger partial charge in [0.05, 0.1) is 15.8 Å². The van der Waals surface area contributed by atoms with Crippen LogP contribution in [0.15, 0.2) is 18.2 Å². The van der Waals surface area contributed by atoms with Gasteiger partial charge >= 0.3 is 16.1 Å². The Bertz CT molecular complexity index is 660. The Morgan fingerprint density at radius 2 is 1.90 bits per heavy atom. The van der Waals surface area contributed by atoms with Crippen LogP contribution in [0.3, 0.4) is 0 Å². The highest BCUT2D eigenvalue weighted by molar-refractivity contribution is 7.87. The fourth-order valence-electron chi connectivity index (χ4n) is 1.32. The van der Waals surface area contributed by atoms with E-state index in [0.29, 0.717) is 0 Å². The molecule has 0 unspecified atom stereocenters. The van der Waals surface area contributed by atoms with Crippen molar-refractivity contribution in [2.24, 2.45) is 5.73 Å². The van der Waals surface area contributed by atoms with Crippen molar-refractivity contribution in [3.8, 4) is 0 Å². The zero-order valence-corrected chi connectivity index (χ0v) is 13.3. The number of hydrogen-bond donors (Lipinski definition) is 1. The highest BCUT2D eigenvalue weighted by Gasteiger charge is 2.24. The average Bonchev–Trinajstić information content (AvgIpc) is 2.41. The molecule has 0 aliphatic heterocycles. The first kappa shape index (κ1) is 17.9. The van der Waals surface area contributed by atoms with Gasteiger partial charge in [-0.2, -0.15) is 8.42 Å². The molecule has 1 aromatic rings. The molecule has 0 aliphatic rings. The summed E-state index contributed by atoms with van der Waals surface area (Å²) in [6.45, 7) is 1.31. The van der Waals surface area contributed by atoms with Crippen molar-refractivity contribution >= 4 is 45.1 Å². The Hall–Kier alpha value is -1.15. The van der Waals surface area contributed by atoms with Crippen molar-refractivity contribution in [2.45, 2.75) is 19.4 Å². The van der Waals surface area contributed by atoms with Crippen LogP contribution in [-0.4, -0.2) is 32.0 Å². The standard InChI is InChI=1S/C12H13Cl2NO5S/c1-2-21(18,19)20-12(17)10(15)6-11(16)7-3-4-8(13)9(14)5-7/h3-5,10H,2,6,15H2,1H3/t10-/m1/s1. The van der Waals surface area contributed by atoms with Crippen LogP contribution in [0, 0.1) is 0 Å². The number of nitrogens with two attached hydrogens (primary N) is 1. The third-order valence-corrected chi connectivity index (χ3v) is 4.38. The zero-order valence-electron chi connectivity index (χ0n) is 11.0. The van der Waals surface area contributed by atoms with E-state index in [1.54, 1.807) is 0 Å². The van der Waals surface area contributed by atoms with Gasteiger partial charge in [0.15, 0.2) is 5.78 Å². The van der Waals surface area contributed by atoms with Gasteiger partial charge in [-0.05, 0) is 25.1 Å². The molecule has 0 saturated carbocycles. The van der Waals surface area contributed by atoms with E-state index in [1.807, 2.05) is 0 Å². The number of rotatable bonds is 6. The van der Waals surface area contributed by atoms with Crippen molar-refractivity contribution in [1.82, 2.24) is 0 Å². The molecule has 0 heterocycles. The maximum absolute atomic E-state index is 11.9. The van der Waals surface area contributed by atoms with Gasteiger partial charge in [0.25, 0.3) is 0 Å². The normalized spacial score (nSPS) is 12.8. The lowest BCUT2D eigenvalue weighted by molar-refractivity contribution is -0.135. The van der Waals surface area contributed by atoms with Crippen LogP contribution in [0.2, 0.25) is 10.0 Å². The number of hydrogen-bond acceptors (Lipinski definition) is 6. The summed E-state index contributed by atoms with van der Waals surface area (Å²) in [4.78, 5) is 23.4. The Morgan fingerprint density at radius 1 is 1.29 bits per heavy atom. The van der Waals surface area contributed by atoms with Crippen LogP contribution in [0.4, 0.5) is 0 Å². The molecule has 0 radical (unpaired) electrons. The lowest BCUT2D eigenvalue weighted by atomic mass is 10.0. The van der Waals surface area contributed by atoms with Gasteiger partial charge in [0, 0.05) is 12.0 Å². The van der Waals surface area contributed by atoms with Gasteiger partial charge in [-0.25, -0.2) is 4.79 Å². The van der Waals surface area contributed by atoms with Gasteiger partial charge in [-0.3, -0.25) is 4.79 Å². The van der Waals surface area contributed by atoms with Gasteiger partial charge in [0.2, 0.25) is 0 Å². The number of ketones is 1. The molecule has 0 aromatic heterocycles. The van der Waals surface area contributed by atoms with Gasteiger partial charge < -0.3 is 9.92 Å². The molecular weight excluding hydrogens is 341 g/mol. The maximum atomic E-state index is 11.9. The summed E-state index contributed by atoms with van der Waals surface area (Å²) in [6.07, 6.45) is -0.407. The molecule has 1 rings (SSSR count). The van der Waals surface area contributed by atoms with Crippen molar-refractivity contribution in [3.63, 3.8) is 0 Å².